The Morgan fingerprint density at radius 2 is 0.897 bits per heavy atom. The molecule has 2 aromatic heterocycles. The van der Waals surface area contributed by atoms with Gasteiger partial charge in [0.25, 0.3) is 0 Å². The first-order valence-corrected chi connectivity index (χ1v) is 13.7. The summed E-state index contributed by atoms with van der Waals surface area (Å²) in [5.41, 5.74) is 9.39. The van der Waals surface area contributed by atoms with E-state index in [4.69, 9.17) is 15.0 Å². The molecule has 0 unspecified atom stereocenters. The highest BCUT2D eigenvalue weighted by Gasteiger charge is 2.12. The molecule has 0 fully saturated rings. The molecule has 4 heteroatoms. The Morgan fingerprint density at radius 3 is 1.49 bits per heavy atom. The molecule has 0 bridgehead atoms. The molecule has 0 saturated heterocycles. The van der Waals surface area contributed by atoms with Crippen LogP contribution in [-0.4, -0.2) is 15.0 Å². The van der Waals surface area contributed by atoms with Gasteiger partial charge in [0.05, 0.1) is 21.6 Å². The van der Waals surface area contributed by atoms with Crippen LogP contribution in [0.3, 0.4) is 0 Å². The molecule has 0 radical (unpaired) electrons. The van der Waals surface area contributed by atoms with Crippen LogP contribution in [0.1, 0.15) is 0 Å². The minimum atomic E-state index is 0.712. The predicted octanol–water partition coefficient (Wildman–Crippen LogP) is 9.42. The van der Waals surface area contributed by atoms with Crippen LogP contribution < -0.4 is 0 Å². The van der Waals surface area contributed by atoms with Gasteiger partial charge in [0.15, 0.2) is 5.82 Å². The van der Waals surface area contributed by atoms with Crippen molar-refractivity contribution in [2.75, 3.05) is 0 Å². The SMILES string of the molecule is c1ccc(-c2cc(-c3ccccc3)nc(-c3ccc(-c4ccc5sc(-c6ccccc6)nc5c4)cc3)n2)cc1. The second-order valence-electron chi connectivity index (χ2n) is 9.34. The maximum Gasteiger partial charge on any atom is 0.160 e. The van der Waals surface area contributed by atoms with Crippen molar-refractivity contribution in [3.8, 4) is 55.6 Å². The van der Waals surface area contributed by atoms with E-state index < -0.39 is 0 Å². The summed E-state index contributed by atoms with van der Waals surface area (Å²) in [6.45, 7) is 0. The average Bonchev–Trinajstić information content (AvgIpc) is 3.46. The van der Waals surface area contributed by atoms with E-state index in [0.29, 0.717) is 5.82 Å². The largest absolute Gasteiger partial charge is 0.236 e. The fraction of sp³-hybridized carbons (Fsp3) is 0. The van der Waals surface area contributed by atoms with E-state index in [0.717, 1.165) is 55.3 Å². The van der Waals surface area contributed by atoms with E-state index in [-0.39, 0.29) is 0 Å². The van der Waals surface area contributed by atoms with Crippen LogP contribution >= 0.6 is 11.3 Å². The normalized spacial score (nSPS) is 11.1. The number of hydrogen-bond donors (Lipinski definition) is 0. The van der Waals surface area contributed by atoms with Crippen LogP contribution in [0.25, 0.3) is 65.8 Å². The molecule has 0 amide bonds. The average molecular weight is 518 g/mol. The van der Waals surface area contributed by atoms with Gasteiger partial charge in [-0.25, -0.2) is 15.0 Å². The zero-order valence-electron chi connectivity index (χ0n) is 21.0. The Labute approximate surface area is 231 Å². The fourth-order valence-corrected chi connectivity index (χ4v) is 5.66. The highest BCUT2D eigenvalue weighted by Crippen LogP contribution is 2.34. The number of aromatic nitrogens is 3. The summed E-state index contributed by atoms with van der Waals surface area (Å²) in [6, 6.07) is 48.0. The van der Waals surface area contributed by atoms with E-state index >= 15 is 0 Å². The Morgan fingerprint density at radius 1 is 0.385 bits per heavy atom. The molecule has 2 heterocycles. The molecular formula is C35H23N3S. The van der Waals surface area contributed by atoms with Gasteiger partial charge >= 0.3 is 0 Å². The standard InChI is InChI=1S/C35H23N3S/c1-4-10-25(11-5-1)30-23-31(26-12-6-2-7-13-26)37-34(36-30)27-18-16-24(17-19-27)29-20-21-33-32(22-29)38-35(39-33)28-14-8-3-9-15-28/h1-23H. The highest BCUT2D eigenvalue weighted by atomic mass is 32.1. The smallest absolute Gasteiger partial charge is 0.160 e. The minimum absolute atomic E-state index is 0.712. The topological polar surface area (TPSA) is 38.7 Å². The first kappa shape index (κ1) is 23.2. The van der Waals surface area contributed by atoms with Crippen LogP contribution in [0.15, 0.2) is 140 Å². The van der Waals surface area contributed by atoms with Crippen LogP contribution in [0.4, 0.5) is 0 Å². The lowest BCUT2D eigenvalue weighted by Crippen LogP contribution is -1.95. The van der Waals surface area contributed by atoms with Crippen molar-refractivity contribution >= 4 is 21.6 Å². The van der Waals surface area contributed by atoms with Crippen molar-refractivity contribution in [2.24, 2.45) is 0 Å². The van der Waals surface area contributed by atoms with Crippen LogP contribution in [0, 0.1) is 0 Å². The zero-order chi connectivity index (χ0) is 26.0. The lowest BCUT2D eigenvalue weighted by Gasteiger charge is -2.10. The van der Waals surface area contributed by atoms with Crippen LogP contribution in [0.5, 0.6) is 0 Å². The van der Waals surface area contributed by atoms with E-state index in [1.165, 1.54) is 4.70 Å². The molecule has 0 aliphatic carbocycles. The second-order valence-corrected chi connectivity index (χ2v) is 10.4. The molecule has 0 aliphatic heterocycles. The molecule has 39 heavy (non-hydrogen) atoms. The summed E-state index contributed by atoms with van der Waals surface area (Å²) in [4.78, 5) is 14.8. The molecule has 3 nitrogen and oxygen atoms in total. The van der Waals surface area contributed by atoms with Crippen molar-refractivity contribution in [3.63, 3.8) is 0 Å². The monoisotopic (exact) mass is 517 g/mol. The van der Waals surface area contributed by atoms with Gasteiger partial charge in [-0.1, -0.05) is 121 Å². The Kier molecular flexibility index (Phi) is 6.00. The lowest BCUT2D eigenvalue weighted by atomic mass is 10.0. The van der Waals surface area contributed by atoms with Gasteiger partial charge in [-0.2, -0.15) is 0 Å². The number of thiazole rings is 1. The van der Waals surface area contributed by atoms with Crippen molar-refractivity contribution in [2.45, 2.75) is 0 Å². The van der Waals surface area contributed by atoms with Crippen molar-refractivity contribution < 1.29 is 0 Å². The van der Waals surface area contributed by atoms with E-state index in [2.05, 4.69) is 97.1 Å². The Bertz CT molecular complexity index is 1820. The van der Waals surface area contributed by atoms with Gasteiger partial charge in [-0.15, -0.1) is 11.3 Å². The summed E-state index contributed by atoms with van der Waals surface area (Å²) >= 11 is 1.73. The first-order valence-electron chi connectivity index (χ1n) is 12.9. The third-order valence-electron chi connectivity index (χ3n) is 6.75. The molecule has 5 aromatic carbocycles. The van der Waals surface area contributed by atoms with Crippen molar-refractivity contribution in [1.82, 2.24) is 15.0 Å². The molecule has 0 N–H and O–H groups in total. The maximum absolute atomic E-state index is 4.95. The number of benzene rings is 5. The summed E-state index contributed by atoms with van der Waals surface area (Å²) in [5, 5.41) is 1.04. The summed E-state index contributed by atoms with van der Waals surface area (Å²) in [7, 11) is 0. The molecular weight excluding hydrogens is 494 g/mol. The van der Waals surface area contributed by atoms with Gasteiger partial charge in [0, 0.05) is 22.3 Å². The third kappa shape index (κ3) is 4.74. The zero-order valence-corrected chi connectivity index (χ0v) is 21.8. The lowest BCUT2D eigenvalue weighted by molar-refractivity contribution is 1.18. The van der Waals surface area contributed by atoms with Gasteiger partial charge < -0.3 is 0 Å². The summed E-state index contributed by atoms with van der Waals surface area (Å²) < 4.78 is 1.19. The number of nitrogens with zero attached hydrogens (tertiary/aromatic N) is 3. The van der Waals surface area contributed by atoms with Gasteiger partial charge in [-0.3, -0.25) is 0 Å². The highest BCUT2D eigenvalue weighted by molar-refractivity contribution is 7.21. The molecule has 0 spiro atoms. The van der Waals surface area contributed by atoms with Crippen LogP contribution in [-0.2, 0) is 0 Å². The van der Waals surface area contributed by atoms with Crippen molar-refractivity contribution in [3.05, 3.63) is 140 Å². The molecule has 0 atom stereocenters. The second kappa shape index (κ2) is 10.1. The van der Waals surface area contributed by atoms with E-state index in [1.807, 2.05) is 42.5 Å². The summed E-state index contributed by atoms with van der Waals surface area (Å²) in [5.74, 6) is 0.712. The first-order chi connectivity index (χ1) is 19.3. The van der Waals surface area contributed by atoms with Gasteiger partial charge in [0.1, 0.15) is 5.01 Å². The summed E-state index contributed by atoms with van der Waals surface area (Å²) in [6.07, 6.45) is 0. The molecule has 184 valence electrons. The Hall–Kier alpha value is -4.93. The number of fused-ring (bicyclic) bond motifs is 1. The van der Waals surface area contributed by atoms with E-state index in [9.17, 15) is 0 Å². The minimum Gasteiger partial charge on any atom is -0.236 e. The quantitative estimate of drug-likeness (QED) is 0.228. The molecule has 0 aliphatic rings. The molecule has 7 rings (SSSR count). The predicted molar refractivity (Wildman–Crippen MR) is 162 cm³/mol. The fourth-order valence-electron chi connectivity index (χ4n) is 4.71. The third-order valence-corrected chi connectivity index (χ3v) is 7.84. The number of hydrogen-bond acceptors (Lipinski definition) is 4. The number of rotatable bonds is 5. The maximum atomic E-state index is 4.95. The van der Waals surface area contributed by atoms with Gasteiger partial charge in [-0.05, 0) is 29.3 Å². The van der Waals surface area contributed by atoms with E-state index in [1.54, 1.807) is 11.3 Å². The van der Waals surface area contributed by atoms with Gasteiger partial charge in [0.2, 0.25) is 0 Å². The Balaban J connectivity index is 1.25. The molecule has 0 saturated carbocycles. The van der Waals surface area contributed by atoms with Crippen LogP contribution in [0.2, 0.25) is 0 Å². The molecule has 7 aromatic rings. The van der Waals surface area contributed by atoms with Crippen molar-refractivity contribution in [1.29, 1.82) is 0 Å².